The largest absolute Gasteiger partial charge is 0.492 e. The molecule has 0 saturated carbocycles. The van der Waals surface area contributed by atoms with Crippen LogP contribution in [0.25, 0.3) is 0 Å². The van der Waals surface area contributed by atoms with E-state index < -0.39 is 0 Å². The lowest BCUT2D eigenvalue weighted by atomic mass is 9.95. The summed E-state index contributed by atoms with van der Waals surface area (Å²) in [5.41, 5.74) is 7.73. The number of rotatable bonds is 8. The summed E-state index contributed by atoms with van der Waals surface area (Å²) in [6, 6.07) is 8.63. The summed E-state index contributed by atoms with van der Waals surface area (Å²) < 4.78 is 5.82. The number of nitrogens with zero attached hydrogens (tertiary/aromatic N) is 3. The Morgan fingerprint density at radius 3 is 2.77 bits per heavy atom. The Kier molecular flexibility index (Phi) is 8.71. The molecule has 2 atom stereocenters. The average molecular weight is 413 g/mol. The predicted octanol–water partition coefficient (Wildman–Crippen LogP) is 2.32. The van der Waals surface area contributed by atoms with Crippen molar-refractivity contribution in [3.8, 4) is 5.75 Å². The van der Waals surface area contributed by atoms with E-state index in [9.17, 15) is 0 Å². The van der Waals surface area contributed by atoms with Crippen LogP contribution in [-0.2, 0) is 0 Å². The van der Waals surface area contributed by atoms with Gasteiger partial charge in [0.05, 0.1) is 11.8 Å². The molecular formula is C23H36N6O. The highest BCUT2D eigenvalue weighted by molar-refractivity contribution is 6.42. The van der Waals surface area contributed by atoms with Crippen LogP contribution in [0.15, 0.2) is 46.7 Å². The van der Waals surface area contributed by atoms with E-state index in [0.29, 0.717) is 12.5 Å². The van der Waals surface area contributed by atoms with E-state index in [2.05, 4.69) is 44.8 Å². The molecule has 0 radical (unpaired) electrons. The fourth-order valence-corrected chi connectivity index (χ4v) is 3.81. The topological polar surface area (TPSA) is 87.3 Å². The number of hydrogen-bond donors (Lipinski definition) is 3. The van der Waals surface area contributed by atoms with E-state index in [0.717, 1.165) is 56.3 Å². The molecule has 0 spiro atoms. The average Bonchev–Trinajstić information content (AvgIpc) is 2.77. The van der Waals surface area contributed by atoms with Crippen molar-refractivity contribution in [2.45, 2.75) is 31.7 Å². The van der Waals surface area contributed by atoms with Crippen molar-refractivity contribution in [3.63, 3.8) is 0 Å². The Balaban J connectivity index is 1.64. The van der Waals surface area contributed by atoms with Gasteiger partial charge in [0.1, 0.15) is 18.2 Å². The number of aliphatic imine (C=N–C) groups is 2. The van der Waals surface area contributed by atoms with E-state index in [1.165, 1.54) is 24.6 Å². The molecule has 0 aromatic heterocycles. The molecule has 7 heteroatoms. The van der Waals surface area contributed by atoms with Gasteiger partial charge in [-0.15, -0.1) is 0 Å². The third-order valence-electron chi connectivity index (χ3n) is 5.57. The molecule has 30 heavy (non-hydrogen) atoms. The first-order valence-corrected chi connectivity index (χ1v) is 11.0. The summed E-state index contributed by atoms with van der Waals surface area (Å²) in [4.78, 5) is 11.6. The van der Waals surface area contributed by atoms with Crippen LogP contribution in [0.5, 0.6) is 5.75 Å². The summed E-state index contributed by atoms with van der Waals surface area (Å²) in [6.07, 6.45) is 7.43. The third kappa shape index (κ3) is 6.85. The minimum atomic E-state index is 0.227. The van der Waals surface area contributed by atoms with Gasteiger partial charge < -0.3 is 26.0 Å². The van der Waals surface area contributed by atoms with Gasteiger partial charge in [-0.1, -0.05) is 12.1 Å². The molecule has 164 valence electrons. The summed E-state index contributed by atoms with van der Waals surface area (Å²) in [5, 5.41) is 7.09. The molecule has 3 rings (SSSR count). The maximum atomic E-state index is 5.82. The van der Waals surface area contributed by atoms with Crippen molar-refractivity contribution in [1.29, 1.82) is 0 Å². The number of nitrogens with two attached hydrogens (primary N) is 1. The maximum Gasteiger partial charge on any atom is 0.143 e. The van der Waals surface area contributed by atoms with E-state index >= 15 is 0 Å². The van der Waals surface area contributed by atoms with E-state index in [1.54, 1.807) is 6.20 Å². The molecule has 1 aromatic carbocycles. The lowest BCUT2D eigenvalue weighted by Crippen LogP contribution is -2.40. The minimum absolute atomic E-state index is 0.227. The number of benzene rings is 1. The van der Waals surface area contributed by atoms with Crippen molar-refractivity contribution in [1.82, 2.24) is 15.5 Å². The molecule has 2 unspecified atom stereocenters. The highest BCUT2D eigenvalue weighted by Gasteiger charge is 2.24. The van der Waals surface area contributed by atoms with Crippen LogP contribution in [-0.4, -0.2) is 63.3 Å². The van der Waals surface area contributed by atoms with Gasteiger partial charge in [-0.05, 0) is 76.5 Å². The van der Waals surface area contributed by atoms with Gasteiger partial charge in [0.2, 0.25) is 0 Å². The minimum Gasteiger partial charge on any atom is -0.492 e. The van der Waals surface area contributed by atoms with Crippen LogP contribution in [0.1, 0.15) is 37.3 Å². The second kappa shape index (κ2) is 11.7. The van der Waals surface area contributed by atoms with Crippen LogP contribution in [0, 0.1) is 5.92 Å². The molecule has 2 aliphatic rings. The number of likely N-dealkylation sites (N-methyl/N-ethyl adjacent to an activating group) is 1. The molecular weight excluding hydrogens is 376 g/mol. The Labute approximate surface area is 180 Å². The van der Waals surface area contributed by atoms with Crippen molar-refractivity contribution >= 4 is 11.5 Å². The van der Waals surface area contributed by atoms with Crippen LogP contribution >= 0.6 is 0 Å². The summed E-state index contributed by atoms with van der Waals surface area (Å²) in [5.74, 6) is 2.41. The first-order valence-electron chi connectivity index (χ1n) is 11.0. The summed E-state index contributed by atoms with van der Waals surface area (Å²) in [6.45, 7) is 4.59. The lowest BCUT2D eigenvalue weighted by molar-refractivity contribution is 0.261. The van der Waals surface area contributed by atoms with Crippen LogP contribution in [0.3, 0.4) is 0 Å². The molecule has 2 saturated heterocycles. The van der Waals surface area contributed by atoms with Crippen LogP contribution < -0.4 is 21.1 Å². The molecule has 2 heterocycles. The second-order valence-electron chi connectivity index (χ2n) is 8.28. The second-order valence-corrected chi connectivity index (χ2v) is 8.28. The molecule has 7 nitrogen and oxygen atoms in total. The van der Waals surface area contributed by atoms with Crippen molar-refractivity contribution in [3.05, 3.63) is 42.2 Å². The van der Waals surface area contributed by atoms with Gasteiger partial charge in [-0.3, -0.25) is 9.98 Å². The Bertz CT molecular complexity index is 735. The zero-order valence-corrected chi connectivity index (χ0v) is 18.3. The van der Waals surface area contributed by atoms with Gasteiger partial charge in [0, 0.05) is 25.5 Å². The fourth-order valence-electron chi connectivity index (χ4n) is 3.81. The van der Waals surface area contributed by atoms with Gasteiger partial charge in [-0.2, -0.15) is 0 Å². The van der Waals surface area contributed by atoms with E-state index in [4.69, 9.17) is 15.5 Å². The molecule has 4 N–H and O–H groups in total. The van der Waals surface area contributed by atoms with Gasteiger partial charge >= 0.3 is 0 Å². The van der Waals surface area contributed by atoms with Crippen molar-refractivity contribution in [2.75, 3.05) is 46.9 Å². The number of ether oxygens (including phenoxy) is 1. The lowest BCUT2D eigenvalue weighted by Gasteiger charge is -2.28. The third-order valence-corrected chi connectivity index (χ3v) is 5.57. The highest BCUT2D eigenvalue weighted by atomic mass is 16.5. The Morgan fingerprint density at radius 2 is 2.07 bits per heavy atom. The number of piperidine rings is 2. The monoisotopic (exact) mass is 412 g/mol. The van der Waals surface area contributed by atoms with Gasteiger partial charge in [0.15, 0.2) is 0 Å². The number of hydrogen-bond acceptors (Lipinski definition) is 6. The molecule has 1 aromatic rings. The molecule has 2 fully saturated rings. The molecule has 0 amide bonds. The smallest absolute Gasteiger partial charge is 0.143 e. The molecule has 0 aliphatic carbocycles. The summed E-state index contributed by atoms with van der Waals surface area (Å²) in [7, 11) is 4.10. The van der Waals surface area contributed by atoms with Crippen LogP contribution in [0.2, 0.25) is 0 Å². The van der Waals surface area contributed by atoms with Gasteiger partial charge in [-0.25, -0.2) is 0 Å². The quantitative estimate of drug-likeness (QED) is 0.610. The number of amidine groups is 1. The molecule has 0 bridgehead atoms. The highest BCUT2D eigenvalue weighted by Crippen LogP contribution is 2.25. The zero-order valence-electron chi connectivity index (χ0n) is 18.3. The first kappa shape index (κ1) is 22.3. The predicted molar refractivity (Wildman–Crippen MR) is 124 cm³/mol. The van der Waals surface area contributed by atoms with Crippen molar-refractivity contribution < 1.29 is 4.74 Å². The maximum absolute atomic E-state index is 5.82. The SMILES string of the molecule is CN(C)CCOc1ccc(C2CCC(=N/C=C\N)C(=NCC3CCCNC3)N2)cc1. The first-order chi connectivity index (χ1) is 14.7. The Hall–Kier alpha value is -2.38. The zero-order chi connectivity index (χ0) is 21.2. The standard InChI is InChI=1S/C23H36N6O/c1-29(2)14-15-30-20-7-5-19(6-8-20)21-9-10-22(26-13-11-24)23(28-21)27-17-18-4-3-12-25-16-18/h5-8,11,13,18,21,25H,3-4,9-10,12,14-17,24H2,1-2H3,(H,27,28)/b13-11-,26-22?. The van der Waals surface area contributed by atoms with E-state index in [1.807, 2.05) is 14.1 Å². The Morgan fingerprint density at radius 1 is 1.23 bits per heavy atom. The van der Waals surface area contributed by atoms with Gasteiger partial charge in [0.25, 0.3) is 0 Å². The summed E-state index contributed by atoms with van der Waals surface area (Å²) >= 11 is 0. The fraction of sp³-hybridized carbons (Fsp3) is 0.565. The normalized spacial score (nSPS) is 25.2. The van der Waals surface area contributed by atoms with Crippen LogP contribution in [0.4, 0.5) is 0 Å². The molecule has 2 aliphatic heterocycles. The van der Waals surface area contributed by atoms with E-state index in [-0.39, 0.29) is 6.04 Å². The van der Waals surface area contributed by atoms with Crippen molar-refractivity contribution in [2.24, 2.45) is 21.6 Å². The number of nitrogens with one attached hydrogen (secondary N) is 2.